The standard InChI is InChI=1S/C12H18N2O4/c1-4-17-11(15)7-18-10-6-14-5-9(13)12(10)8(2)16-3/h5-6,8H,4,7,13H2,1-3H3. The third-order valence-electron chi connectivity index (χ3n) is 2.39. The Hall–Kier alpha value is -1.82. The number of carbonyl (C=O) groups excluding carboxylic acids is 1. The Kier molecular flexibility index (Phi) is 5.38. The average Bonchev–Trinajstić information content (AvgIpc) is 2.36. The van der Waals surface area contributed by atoms with E-state index in [9.17, 15) is 4.79 Å². The molecule has 1 aromatic heterocycles. The predicted octanol–water partition coefficient (Wildman–Crippen LogP) is 1.31. The van der Waals surface area contributed by atoms with Crippen molar-refractivity contribution in [3.05, 3.63) is 18.0 Å². The molecule has 1 heterocycles. The fourth-order valence-corrected chi connectivity index (χ4v) is 1.47. The SMILES string of the molecule is CCOC(=O)COc1cncc(N)c1C(C)OC. The first-order valence-corrected chi connectivity index (χ1v) is 5.64. The van der Waals surface area contributed by atoms with Crippen LogP contribution in [0, 0.1) is 0 Å². The summed E-state index contributed by atoms with van der Waals surface area (Å²) < 4.78 is 15.3. The highest BCUT2D eigenvalue weighted by molar-refractivity contribution is 5.71. The van der Waals surface area contributed by atoms with Gasteiger partial charge in [0.15, 0.2) is 6.61 Å². The highest BCUT2D eigenvalue weighted by Gasteiger charge is 2.16. The molecule has 0 aromatic carbocycles. The second-order valence-corrected chi connectivity index (χ2v) is 3.61. The zero-order chi connectivity index (χ0) is 13.5. The van der Waals surface area contributed by atoms with Crippen LogP contribution < -0.4 is 10.5 Å². The zero-order valence-corrected chi connectivity index (χ0v) is 10.8. The van der Waals surface area contributed by atoms with Crippen LogP contribution in [0.4, 0.5) is 5.69 Å². The van der Waals surface area contributed by atoms with Crippen LogP contribution in [0.5, 0.6) is 5.75 Å². The molecule has 0 spiro atoms. The number of ether oxygens (including phenoxy) is 3. The molecule has 18 heavy (non-hydrogen) atoms. The van der Waals surface area contributed by atoms with Crippen molar-refractivity contribution in [1.29, 1.82) is 0 Å². The average molecular weight is 254 g/mol. The summed E-state index contributed by atoms with van der Waals surface area (Å²) >= 11 is 0. The number of aromatic nitrogens is 1. The van der Waals surface area contributed by atoms with Crippen LogP contribution in [0.25, 0.3) is 0 Å². The molecule has 0 bridgehead atoms. The minimum atomic E-state index is -0.434. The number of hydrogen-bond donors (Lipinski definition) is 1. The van der Waals surface area contributed by atoms with Crippen molar-refractivity contribution in [3.8, 4) is 5.75 Å². The van der Waals surface area contributed by atoms with Crippen molar-refractivity contribution in [2.75, 3.05) is 26.1 Å². The van der Waals surface area contributed by atoms with Crippen LogP contribution in [0.3, 0.4) is 0 Å². The lowest BCUT2D eigenvalue weighted by Gasteiger charge is -2.17. The molecular weight excluding hydrogens is 236 g/mol. The topological polar surface area (TPSA) is 83.7 Å². The van der Waals surface area contributed by atoms with E-state index in [0.717, 1.165) is 0 Å². The molecule has 1 rings (SSSR count). The van der Waals surface area contributed by atoms with Gasteiger partial charge in [0.25, 0.3) is 0 Å². The lowest BCUT2D eigenvalue weighted by molar-refractivity contribution is -0.145. The fraction of sp³-hybridized carbons (Fsp3) is 0.500. The summed E-state index contributed by atoms with van der Waals surface area (Å²) in [6.07, 6.45) is 2.77. The molecule has 0 amide bonds. The lowest BCUT2D eigenvalue weighted by Crippen LogP contribution is -2.16. The van der Waals surface area contributed by atoms with E-state index in [1.54, 1.807) is 14.0 Å². The molecule has 0 saturated carbocycles. The first-order chi connectivity index (χ1) is 8.60. The van der Waals surface area contributed by atoms with Gasteiger partial charge in [-0.1, -0.05) is 0 Å². The Morgan fingerprint density at radius 3 is 2.83 bits per heavy atom. The van der Waals surface area contributed by atoms with Crippen molar-refractivity contribution in [2.45, 2.75) is 20.0 Å². The minimum absolute atomic E-state index is 0.178. The van der Waals surface area contributed by atoms with Gasteiger partial charge in [-0.3, -0.25) is 4.98 Å². The third-order valence-corrected chi connectivity index (χ3v) is 2.39. The zero-order valence-electron chi connectivity index (χ0n) is 10.8. The monoisotopic (exact) mass is 254 g/mol. The van der Waals surface area contributed by atoms with E-state index >= 15 is 0 Å². The van der Waals surface area contributed by atoms with E-state index in [-0.39, 0.29) is 12.7 Å². The number of pyridine rings is 1. The summed E-state index contributed by atoms with van der Waals surface area (Å²) in [4.78, 5) is 15.1. The number of nitrogen functional groups attached to an aromatic ring is 1. The molecule has 6 heteroatoms. The number of nitrogens with zero attached hydrogens (tertiary/aromatic N) is 1. The maximum atomic E-state index is 11.2. The normalized spacial score (nSPS) is 11.9. The summed E-state index contributed by atoms with van der Waals surface area (Å²) in [6, 6.07) is 0. The quantitative estimate of drug-likeness (QED) is 0.771. The van der Waals surface area contributed by atoms with E-state index in [0.29, 0.717) is 23.6 Å². The number of methoxy groups -OCH3 is 1. The number of nitrogens with two attached hydrogens (primary N) is 1. The maximum absolute atomic E-state index is 11.2. The lowest BCUT2D eigenvalue weighted by atomic mass is 10.1. The molecular formula is C12H18N2O4. The fourth-order valence-electron chi connectivity index (χ4n) is 1.47. The van der Waals surface area contributed by atoms with Gasteiger partial charge >= 0.3 is 5.97 Å². The summed E-state index contributed by atoms with van der Waals surface area (Å²) in [5, 5.41) is 0. The van der Waals surface area contributed by atoms with Gasteiger partial charge in [-0.05, 0) is 13.8 Å². The van der Waals surface area contributed by atoms with Gasteiger partial charge in [0.05, 0.1) is 30.8 Å². The molecule has 0 fully saturated rings. The van der Waals surface area contributed by atoms with E-state index in [1.165, 1.54) is 12.4 Å². The number of hydrogen-bond acceptors (Lipinski definition) is 6. The van der Waals surface area contributed by atoms with Gasteiger partial charge in [-0.25, -0.2) is 4.79 Å². The molecule has 0 aliphatic rings. The van der Waals surface area contributed by atoms with Crippen LogP contribution in [-0.4, -0.2) is 31.3 Å². The molecule has 1 aromatic rings. The molecule has 0 radical (unpaired) electrons. The summed E-state index contributed by atoms with van der Waals surface area (Å²) in [5.74, 6) is -0.00616. The summed E-state index contributed by atoms with van der Waals surface area (Å²) in [5.41, 5.74) is 6.97. The van der Waals surface area contributed by atoms with Crippen molar-refractivity contribution >= 4 is 11.7 Å². The molecule has 0 aliphatic carbocycles. The van der Waals surface area contributed by atoms with Gasteiger partial charge in [0, 0.05) is 12.7 Å². The minimum Gasteiger partial charge on any atom is -0.480 e. The molecule has 2 N–H and O–H groups in total. The molecule has 1 atom stereocenters. The Morgan fingerprint density at radius 2 is 2.22 bits per heavy atom. The van der Waals surface area contributed by atoms with Gasteiger partial charge in [0.2, 0.25) is 0 Å². The number of esters is 1. The van der Waals surface area contributed by atoms with Gasteiger partial charge in [0.1, 0.15) is 5.75 Å². The predicted molar refractivity (Wildman–Crippen MR) is 66.2 cm³/mol. The Morgan fingerprint density at radius 1 is 1.50 bits per heavy atom. The van der Waals surface area contributed by atoms with Gasteiger partial charge in [-0.2, -0.15) is 0 Å². The Balaban J connectivity index is 2.82. The van der Waals surface area contributed by atoms with Gasteiger partial charge in [-0.15, -0.1) is 0 Å². The van der Waals surface area contributed by atoms with Crippen LogP contribution in [0.1, 0.15) is 25.5 Å². The highest BCUT2D eigenvalue weighted by atomic mass is 16.6. The van der Waals surface area contributed by atoms with Crippen LogP contribution in [0.2, 0.25) is 0 Å². The highest BCUT2D eigenvalue weighted by Crippen LogP contribution is 2.31. The second-order valence-electron chi connectivity index (χ2n) is 3.61. The number of anilines is 1. The summed E-state index contributed by atoms with van der Waals surface area (Å²) in [7, 11) is 1.57. The van der Waals surface area contributed by atoms with Crippen LogP contribution in [0.15, 0.2) is 12.4 Å². The van der Waals surface area contributed by atoms with Crippen molar-refractivity contribution < 1.29 is 19.0 Å². The Bertz CT molecular complexity index is 409. The van der Waals surface area contributed by atoms with Crippen LogP contribution in [-0.2, 0) is 14.3 Å². The summed E-state index contributed by atoms with van der Waals surface area (Å²) in [6.45, 7) is 3.71. The van der Waals surface area contributed by atoms with Crippen molar-refractivity contribution in [2.24, 2.45) is 0 Å². The largest absolute Gasteiger partial charge is 0.480 e. The third kappa shape index (κ3) is 3.59. The van der Waals surface area contributed by atoms with E-state index in [4.69, 9.17) is 19.9 Å². The van der Waals surface area contributed by atoms with E-state index < -0.39 is 5.97 Å². The smallest absolute Gasteiger partial charge is 0.344 e. The van der Waals surface area contributed by atoms with E-state index in [2.05, 4.69) is 4.98 Å². The molecule has 0 aliphatic heterocycles. The maximum Gasteiger partial charge on any atom is 0.344 e. The number of rotatable bonds is 6. The van der Waals surface area contributed by atoms with Crippen molar-refractivity contribution in [3.63, 3.8) is 0 Å². The first-order valence-electron chi connectivity index (χ1n) is 5.64. The molecule has 100 valence electrons. The first kappa shape index (κ1) is 14.2. The Labute approximate surface area is 106 Å². The van der Waals surface area contributed by atoms with Gasteiger partial charge < -0.3 is 19.9 Å². The molecule has 6 nitrogen and oxygen atoms in total. The second kappa shape index (κ2) is 6.80. The number of carbonyl (C=O) groups is 1. The van der Waals surface area contributed by atoms with Crippen molar-refractivity contribution in [1.82, 2.24) is 4.98 Å². The molecule has 0 saturated heterocycles. The van der Waals surface area contributed by atoms with E-state index in [1.807, 2.05) is 6.92 Å². The molecule has 1 unspecified atom stereocenters. The van der Waals surface area contributed by atoms with Crippen LogP contribution >= 0.6 is 0 Å².